The lowest BCUT2D eigenvalue weighted by atomic mass is 10.2. The van der Waals surface area contributed by atoms with Crippen molar-refractivity contribution in [2.75, 3.05) is 24.0 Å². The first-order chi connectivity index (χ1) is 9.98. The zero-order valence-corrected chi connectivity index (χ0v) is 13.4. The molecule has 0 atom stereocenters. The molecular weight excluding hydrogens is 315 g/mol. The van der Waals surface area contributed by atoms with Crippen molar-refractivity contribution in [3.8, 4) is 17.6 Å². The summed E-state index contributed by atoms with van der Waals surface area (Å²) in [5.74, 6) is 5.93. The maximum Gasteiger partial charge on any atom is 0.153 e. The fourth-order valence-corrected chi connectivity index (χ4v) is 2.87. The van der Waals surface area contributed by atoms with Gasteiger partial charge in [-0.15, -0.1) is 11.6 Å². The second kappa shape index (κ2) is 8.91. The Morgan fingerprint density at radius 3 is 2.76 bits per heavy atom. The van der Waals surface area contributed by atoms with E-state index in [1.54, 1.807) is 6.92 Å². The van der Waals surface area contributed by atoms with Gasteiger partial charge in [0.2, 0.25) is 0 Å². The van der Waals surface area contributed by atoms with Gasteiger partial charge < -0.3 is 4.74 Å². The molecule has 0 saturated heterocycles. The zero-order chi connectivity index (χ0) is 15.7. The van der Waals surface area contributed by atoms with E-state index in [2.05, 4.69) is 11.8 Å². The number of hydrogen-bond donors (Lipinski definition) is 0. The van der Waals surface area contributed by atoms with Crippen molar-refractivity contribution in [3.63, 3.8) is 0 Å². The van der Waals surface area contributed by atoms with E-state index in [1.165, 1.54) is 18.2 Å². The Morgan fingerprint density at radius 1 is 1.33 bits per heavy atom. The lowest BCUT2D eigenvalue weighted by Crippen LogP contribution is -2.17. The standard InChI is InChI=1S/C15H18ClFO3S/c1-2-10-21(18,19)11-9-20-15-12-14(17)7-6-13(15)5-3-4-8-16/h6-7,12H,2,4,8-11H2,1H3. The van der Waals surface area contributed by atoms with E-state index >= 15 is 0 Å². The van der Waals surface area contributed by atoms with Crippen LogP contribution in [0.25, 0.3) is 0 Å². The minimum absolute atomic E-state index is 0.0179. The maximum atomic E-state index is 13.2. The molecule has 3 nitrogen and oxygen atoms in total. The molecule has 116 valence electrons. The van der Waals surface area contributed by atoms with Crippen molar-refractivity contribution in [2.24, 2.45) is 0 Å². The van der Waals surface area contributed by atoms with E-state index in [9.17, 15) is 12.8 Å². The Hall–Kier alpha value is -1.25. The summed E-state index contributed by atoms with van der Waals surface area (Å²) in [5.41, 5.74) is 0.523. The normalized spacial score (nSPS) is 10.8. The van der Waals surface area contributed by atoms with Crippen molar-refractivity contribution in [1.29, 1.82) is 0 Å². The van der Waals surface area contributed by atoms with Gasteiger partial charge in [-0.25, -0.2) is 12.8 Å². The molecule has 1 aromatic rings. The van der Waals surface area contributed by atoms with Gasteiger partial charge in [-0.1, -0.05) is 18.8 Å². The minimum Gasteiger partial charge on any atom is -0.491 e. The summed E-state index contributed by atoms with van der Waals surface area (Å²) in [6.45, 7) is 1.78. The number of ether oxygens (including phenoxy) is 1. The number of rotatable bonds is 7. The number of halogens is 2. The van der Waals surface area contributed by atoms with Crippen LogP contribution < -0.4 is 4.74 Å². The molecule has 0 heterocycles. The fourth-order valence-electron chi connectivity index (χ4n) is 1.62. The molecule has 0 aromatic heterocycles. The summed E-state index contributed by atoms with van der Waals surface area (Å²) in [7, 11) is -3.12. The third-order valence-corrected chi connectivity index (χ3v) is 4.56. The molecule has 0 saturated carbocycles. The van der Waals surface area contributed by atoms with E-state index in [0.29, 0.717) is 24.3 Å². The van der Waals surface area contributed by atoms with Crippen LogP contribution in [-0.4, -0.2) is 32.4 Å². The van der Waals surface area contributed by atoms with Crippen molar-refractivity contribution < 1.29 is 17.5 Å². The summed E-state index contributed by atoms with van der Waals surface area (Å²) in [4.78, 5) is 0. The van der Waals surface area contributed by atoms with E-state index < -0.39 is 15.7 Å². The first kappa shape index (κ1) is 17.8. The SMILES string of the molecule is CCCS(=O)(=O)CCOc1cc(F)ccc1C#CCCCl. The average Bonchev–Trinajstić information content (AvgIpc) is 2.41. The zero-order valence-electron chi connectivity index (χ0n) is 11.9. The largest absolute Gasteiger partial charge is 0.491 e. The highest BCUT2D eigenvalue weighted by molar-refractivity contribution is 7.91. The van der Waals surface area contributed by atoms with Crippen LogP contribution in [0.1, 0.15) is 25.3 Å². The summed E-state index contributed by atoms with van der Waals surface area (Å²) < 4.78 is 41.8. The third kappa shape index (κ3) is 6.83. The van der Waals surface area contributed by atoms with Crippen LogP contribution in [0.5, 0.6) is 5.75 Å². The van der Waals surface area contributed by atoms with Crippen LogP contribution >= 0.6 is 11.6 Å². The van der Waals surface area contributed by atoms with Crippen molar-refractivity contribution in [3.05, 3.63) is 29.6 Å². The highest BCUT2D eigenvalue weighted by atomic mass is 35.5. The van der Waals surface area contributed by atoms with Crippen LogP contribution in [0, 0.1) is 17.7 Å². The molecule has 0 aliphatic rings. The van der Waals surface area contributed by atoms with Gasteiger partial charge in [-0.2, -0.15) is 0 Å². The Bertz CT molecular complexity index is 618. The molecule has 1 aromatic carbocycles. The van der Waals surface area contributed by atoms with Crippen molar-refractivity contribution in [2.45, 2.75) is 19.8 Å². The van der Waals surface area contributed by atoms with Crippen LogP contribution in [0.4, 0.5) is 4.39 Å². The van der Waals surface area contributed by atoms with Gasteiger partial charge in [-0.3, -0.25) is 0 Å². The Balaban J connectivity index is 2.74. The number of hydrogen-bond acceptors (Lipinski definition) is 3. The number of sulfone groups is 1. The predicted molar refractivity (Wildman–Crippen MR) is 83.1 cm³/mol. The smallest absolute Gasteiger partial charge is 0.153 e. The highest BCUT2D eigenvalue weighted by Gasteiger charge is 2.10. The summed E-state index contributed by atoms with van der Waals surface area (Å²) in [6, 6.07) is 4.00. The Kier molecular flexibility index (Phi) is 7.55. The highest BCUT2D eigenvalue weighted by Crippen LogP contribution is 2.19. The van der Waals surface area contributed by atoms with Gasteiger partial charge in [0.1, 0.15) is 18.2 Å². The van der Waals surface area contributed by atoms with Gasteiger partial charge in [0.25, 0.3) is 0 Å². The second-order valence-corrected chi connectivity index (χ2v) is 7.06. The van der Waals surface area contributed by atoms with E-state index in [-0.39, 0.29) is 23.9 Å². The molecule has 0 amide bonds. The van der Waals surface area contributed by atoms with E-state index in [1.807, 2.05) is 0 Å². The van der Waals surface area contributed by atoms with Gasteiger partial charge in [-0.05, 0) is 18.6 Å². The summed E-state index contributed by atoms with van der Waals surface area (Å²) in [5, 5.41) is 0. The maximum absolute atomic E-state index is 13.2. The lowest BCUT2D eigenvalue weighted by molar-refractivity contribution is 0.338. The van der Waals surface area contributed by atoms with Crippen LogP contribution in [0.2, 0.25) is 0 Å². The third-order valence-electron chi connectivity index (χ3n) is 2.55. The van der Waals surface area contributed by atoms with Gasteiger partial charge >= 0.3 is 0 Å². The summed E-state index contributed by atoms with van der Waals surface area (Å²) >= 11 is 5.54. The molecule has 0 unspecified atom stereocenters. The van der Waals surface area contributed by atoms with Crippen LogP contribution in [0.3, 0.4) is 0 Å². The predicted octanol–water partition coefficient (Wildman–Crippen LogP) is 3.01. The minimum atomic E-state index is -3.12. The quantitative estimate of drug-likeness (QED) is 0.569. The molecule has 21 heavy (non-hydrogen) atoms. The molecule has 0 bridgehead atoms. The van der Waals surface area contributed by atoms with Crippen LogP contribution in [-0.2, 0) is 9.84 Å². The van der Waals surface area contributed by atoms with Crippen LogP contribution in [0.15, 0.2) is 18.2 Å². The Morgan fingerprint density at radius 2 is 2.10 bits per heavy atom. The molecule has 0 radical (unpaired) electrons. The molecule has 0 N–H and O–H groups in total. The van der Waals surface area contributed by atoms with Gasteiger partial charge in [0, 0.05) is 18.4 Å². The van der Waals surface area contributed by atoms with Crippen molar-refractivity contribution >= 4 is 21.4 Å². The summed E-state index contributed by atoms with van der Waals surface area (Å²) in [6.07, 6.45) is 1.08. The second-order valence-electron chi connectivity index (χ2n) is 4.38. The fraction of sp³-hybridized carbons (Fsp3) is 0.467. The molecule has 0 fully saturated rings. The monoisotopic (exact) mass is 332 g/mol. The van der Waals surface area contributed by atoms with Gasteiger partial charge in [0.05, 0.1) is 17.1 Å². The first-order valence-electron chi connectivity index (χ1n) is 6.66. The molecule has 0 aliphatic carbocycles. The van der Waals surface area contributed by atoms with E-state index in [0.717, 1.165) is 0 Å². The number of benzene rings is 1. The topological polar surface area (TPSA) is 43.4 Å². The molecule has 1 rings (SSSR count). The molecule has 6 heteroatoms. The Labute approximate surface area is 130 Å². The lowest BCUT2D eigenvalue weighted by Gasteiger charge is -2.08. The molecule has 0 spiro atoms. The number of alkyl halides is 1. The van der Waals surface area contributed by atoms with Gasteiger partial charge in [0.15, 0.2) is 9.84 Å². The molecule has 0 aliphatic heterocycles. The average molecular weight is 333 g/mol. The van der Waals surface area contributed by atoms with E-state index in [4.69, 9.17) is 16.3 Å². The molecular formula is C15H18ClFO3S. The first-order valence-corrected chi connectivity index (χ1v) is 9.01. The van der Waals surface area contributed by atoms with Crippen molar-refractivity contribution in [1.82, 2.24) is 0 Å².